The van der Waals surface area contributed by atoms with Crippen LogP contribution in [0.2, 0.25) is 0 Å². The monoisotopic (exact) mass is 241 g/mol. The van der Waals surface area contributed by atoms with E-state index < -0.39 is 7.60 Å². The van der Waals surface area contributed by atoms with Crippen LogP contribution in [0.15, 0.2) is 30.3 Å². The van der Waals surface area contributed by atoms with Gasteiger partial charge in [0.2, 0.25) is 0 Å². The molecule has 2 N–H and O–H groups in total. The fraction of sp³-hybridized carbons (Fsp3) is 0.455. The summed E-state index contributed by atoms with van der Waals surface area (Å²) in [6.45, 7) is 0.391. The predicted octanol–water partition coefficient (Wildman–Crippen LogP) is 2.40. The van der Waals surface area contributed by atoms with Crippen LogP contribution < -0.4 is 10.3 Å². The van der Waals surface area contributed by atoms with Gasteiger partial charge >= 0.3 is 7.60 Å². The van der Waals surface area contributed by atoms with E-state index in [4.69, 9.17) is 14.8 Å². The van der Waals surface area contributed by atoms with E-state index in [2.05, 4.69) is 0 Å². The molecule has 0 spiro atoms. The zero-order valence-corrected chi connectivity index (χ0v) is 9.94. The van der Waals surface area contributed by atoms with Crippen molar-refractivity contribution in [3.63, 3.8) is 0 Å². The van der Waals surface area contributed by atoms with Gasteiger partial charge in [-0.05, 0) is 25.0 Å². The largest absolute Gasteiger partial charge is 0.424 e. The minimum Gasteiger partial charge on any atom is -0.424 e. The van der Waals surface area contributed by atoms with Crippen LogP contribution >= 0.6 is 7.60 Å². The van der Waals surface area contributed by atoms with Gasteiger partial charge in [0.1, 0.15) is 5.75 Å². The maximum absolute atomic E-state index is 12.3. The van der Waals surface area contributed by atoms with Crippen molar-refractivity contribution in [2.45, 2.75) is 18.9 Å². The molecule has 2 atom stereocenters. The molecule has 0 radical (unpaired) electrons. The zero-order valence-electron chi connectivity index (χ0n) is 9.04. The zero-order chi connectivity index (χ0) is 11.4. The molecule has 1 aliphatic heterocycles. The standard InChI is InChI=1S/C11H16NO3P/c12-9-11-7-4-8-16(13,15-11)14-10-5-2-1-3-6-10/h1-3,5-6,11H,4,7-9,12H2. The molecule has 0 amide bonds. The fourth-order valence-electron chi connectivity index (χ4n) is 1.72. The SMILES string of the molecule is NCC1CCCP(=O)(Oc2ccccc2)O1. The summed E-state index contributed by atoms with van der Waals surface area (Å²) < 4.78 is 23.2. The fourth-order valence-corrected chi connectivity index (χ4v) is 3.61. The minimum absolute atomic E-state index is 0.136. The first-order valence-corrected chi connectivity index (χ1v) is 7.17. The molecule has 5 heteroatoms. The number of rotatable bonds is 3. The van der Waals surface area contributed by atoms with E-state index in [9.17, 15) is 4.57 Å². The summed E-state index contributed by atoms with van der Waals surface area (Å²) in [5, 5.41) is 0. The highest BCUT2D eigenvalue weighted by Gasteiger charge is 2.33. The van der Waals surface area contributed by atoms with Crippen LogP contribution in [0, 0.1) is 0 Å². The van der Waals surface area contributed by atoms with Gasteiger partial charge in [0.05, 0.1) is 12.3 Å². The molecule has 2 rings (SSSR count). The molecule has 2 unspecified atom stereocenters. The molecule has 1 aliphatic rings. The van der Waals surface area contributed by atoms with Crippen molar-refractivity contribution >= 4 is 7.60 Å². The van der Waals surface area contributed by atoms with Crippen molar-refractivity contribution < 1.29 is 13.6 Å². The van der Waals surface area contributed by atoms with E-state index in [1.807, 2.05) is 18.2 Å². The number of hydrogen-bond acceptors (Lipinski definition) is 4. The molecule has 0 aromatic heterocycles. The molecule has 0 aliphatic carbocycles. The first-order valence-electron chi connectivity index (χ1n) is 5.44. The van der Waals surface area contributed by atoms with Gasteiger partial charge in [0.15, 0.2) is 0 Å². The van der Waals surface area contributed by atoms with E-state index >= 15 is 0 Å². The number of nitrogens with two attached hydrogens (primary N) is 1. The third-order valence-electron chi connectivity index (χ3n) is 2.52. The topological polar surface area (TPSA) is 61.6 Å². The number of benzene rings is 1. The normalized spacial score (nSPS) is 29.9. The Morgan fingerprint density at radius 2 is 2.19 bits per heavy atom. The lowest BCUT2D eigenvalue weighted by atomic mass is 10.2. The average Bonchev–Trinajstić information content (AvgIpc) is 2.29. The summed E-state index contributed by atoms with van der Waals surface area (Å²) in [6, 6.07) is 9.11. The summed E-state index contributed by atoms with van der Waals surface area (Å²) in [5.74, 6) is 0.587. The Hall–Kier alpha value is -0.830. The first-order chi connectivity index (χ1) is 7.72. The third kappa shape index (κ3) is 2.85. The van der Waals surface area contributed by atoms with Crippen molar-refractivity contribution in [2.75, 3.05) is 12.7 Å². The molecule has 1 aromatic rings. The summed E-state index contributed by atoms with van der Waals surface area (Å²) in [6.07, 6.45) is 2.03. The van der Waals surface area contributed by atoms with Gasteiger partial charge in [-0.25, -0.2) is 4.57 Å². The second-order valence-electron chi connectivity index (χ2n) is 3.84. The molecule has 1 aromatic carbocycles. The molecule has 1 saturated heterocycles. The van der Waals surface area contributed by atoms with E-state index in [0.29, 0.717) is 18.5 Å². The van der Waals surface area contributed by atoms with Gasteiger partial charge in [-0.3, -0.25) is 4.52 Å². The lowest BCUT2D eigenvalue weighted by Crippen LogP contribution is -2.27. The lowest BCUT2D eigenvalue weighted by molar-refractivity contribution is 0.157. The maximum atomic E-state index is 12.3. The van der Waals surface area contributed by atoms with Crippen LogP contribution in [0.25, 0.3) is 0 Å². The van der Waals surface area contributed by atoms with Crippen molar-refractivity contribution in [3.8, 4) is 5.75 Å². The first kappa shape index (κ1) is 11.6. The van der Waals surface area contributed by atoms with E-state index in [-0.39, 0.29) is 6.10 Å². The second kappa shape index (κ2) is 5.00. The van der Waals surface area contributed by atoms with Crippen molar-refractivity contribution in [1.29, 1.82) is 0 Å². The highest BCUT2D eigenvalue weighted by molar-refractivity contribution is 7.54. The highest BCUT2D eigenvalue weighted by atomic mass is 31.2. The molecule has 1 fully saturated rings. The van der Waals surface area contributed by atoms with Crippen LogP contribution in [0.3, 0.4) is 0 Å². The van der Waals surface area contributed by atoms with Crippen LogP contribution in [-0.4, -0.2) is 18.8 Å². The van der Waals surface area contributed by atoms with Crippen LogP contribution in [0.1, 0.15) is 12.8 Å². The molecule has 16 heavy (non-hydrogen) atoms. The molecular formula is C11H16NO3P. The Morgan fingerprint density at radius 1 is 1.44 bits per heavy atom. The van der Waals surface area contributed by atoms with Gasteiger partial charge in [-0.15, -0.1) is 0 Å². The summed E-state index contributed by atoms with van der Waals surface area (Å²) in [7, 11) is -2.99. The van der Waals surface area contributed by atoms with Gasteiger partial charge < -0.3 is 10.3 Å². The van der Waals surface area contributed by atoms with E-state index in [1.54, 1.807) is 12.1 Å². The van der Waals surface area contributed by atoms with Crippen LogP contribution in [-0.2, 0) is 9.09 Å². The van der Waals surface area contributed by atoms with Crippen LogP contribution in [0.4, 0.5) is 0 Å². The molecule has 1 heterocycles. The van der Waals surface area contributed by atoms with Gasteiger partial charge in [-0.1, -0.05) is 18.2 Å². The summed E-state index contributed by atoms with van der Waals surface area (Å²) >= 11 is 0. The van der Waals surface area contributed by atoms with E-state index in [1.165, 1.54) is 0 Å². The molecule has 88 valence electrons. The van der Waals surface area contributed by atoms with Gasteiger partial charge in [0.25, 0.3) is 0 Å². The Labute approximate surface area is 95.3 Å². The highest BCUT2D eigenvalue weighted by Crippen LogP contribution is 2.52. The Kier molecular flexibility index (Phi) is 3.64. The summed E-state index contributed by atoms with van der Waals surface area (Å²) in [5.41, 5.74) is 5.52. The van der Waals surface area contributed by atoms with Crippen molar-refractivity contribution in [1.82, 2.24) is 0 Å². The quantitative estimate of drug-likeness (QED) is 0.825. The molecular weight excluding hydrogens is 225 g/mol. The Balaban J connectivity index is 2.05. The number of para-hydroxylation sites is 1. The van der Waals surface area contributed by atoms with Crippen LogP contribution in [0.5, 0.6) is 5.75 Å². The van der Waals surface area contributed by atoms with Crippen molar-refractivity contribution in [2.24, 2.45) is 5.73 Å². The Morgan fingerprint density at radius 3 is 2.88 bits per heavy atom. The molecule has 0 saturated carbocycles. The van der Waals surface area contributed by atoms with Gasteiger partial charge in [-0.2, -0.15) is 0 Å². The number of hydrogen-bond donors (Lipinski definition) is 1. The Bertz CT molecular complexity index is 382. The molecule has 0 bridgehead atoms. The maximum Gasteiger partial charge on any atom is 0.379 e. The third-order valence-corrected chi connectivity index (χ3v) is 4.49. The average molecular weight is 241 g/mol. The predicted molar refractivity (Wildman–Crippen MR) is 62.7 cm³/mol. The minimum atomic E-state index is -2.99. The van der Waals surface area contributed by atoms with E-state index in [0.717, 1.165) is 12.8 Å². The molecule has 4 nitrogen and oxygen atoms in total. The summed E-state index contributed by atoms with van der Waals surface area (Å²) in [4.78, 5) is 0. The lowest BCUT2D eigenvalue weighted by Gasteiger charge is -2.28. The smallest absolute Gasteiger partial charge is 0.379 e. The van der Waals surface area contributed by atoms with Gasteiger partial charge in [0, 0.05) is 6.54 Å². The second-order valence-corrected chi connectivity index (χ2v) is 5.91. The van der Waals surface area contributed by atoms with Crippen molar-refractivity contribution in [3.05, 3.63) is 30.3 Å².